The number of carbonyl (C=O) groups is 2. The Balaban J connectivity index is 0.000000215. The first-order chi connectivity index (χ1) is 18.2. The molecule has 4 N–H and O–H groups in total. The number of rotatable bonds is 9. The highest BCUT2D eigenvalue weighted by Gasteiger charge is 2.24. The summed E-state index contributed by atoms with van der Waals surface area (Å²) in [4.78, 5) is 24.0. The molecule has 4 rings (SSSR count). The average molecular weight is 532 g/mol. The minimum atomic E-state index is -1.12. The molecule has 0 radical (unpaired) electrons. The molecule has 12 heteroatoms. The molecular formula is C26H31F2N5O5. The van der Waals surface area contributed by atoms with Crippen molar-refractivity contribution in [1.29, 1.82) is 0 Å². The number of carboxylic acids is 1. The number of nitrogens with zero attached hydrogens (tertiary/aromatic N) is 3. The zero-order chi connectivity index (χ0) is 27.7. The summed E-state index contributed by atoms with van der Waals surface area (Å²) in [6.07, 6.45) is 0.995. The van der Waals surface area contributed by atoms with Crippen molar-refractivity contribution < 1.29 is 33.0 Å². The molecule has 1 unspecified atom stereocenters. The predicted octanol–water partition coefficient (Wildman–Crippen LogP) is 3.54. The number of methoxy groups -OCH3 is 1. The van der Waals surface area contributed by atoms with Gasteiger partial charge in [0.05, 0.1) is 17.9 Å². The van der Waals surface area contributed by atoms with Crippen LogP contribution in [-0.4, -0.2) is 71.7 Å². The van der Waals surface area contributed by atoms with Crippen LogP contribution in [0.1, 0.15) is 23.5 Å². The van der Waals surface area contributed by atoms with E-state index in [0.717, 1.165) is 31.6 Å². The summed E-state index contributed by atoms with van der Waals surface area (Å²) in [7, 11) is 1.68. The van der Waals surface area contributed by atoms with Gasteiger partial charge in [-0.05, 0) is 55.6 Å². The van der Waals surface area contributed by atoms with Crippen LogP contribution in [0.3, 0.4) is 0 Å². The van der Waals surface area contributed by atoms with E-state index in [0.29, 0.717) is 29.6 Å². The van der Waals surface area contributed by atoms with Gasteiger partial charge in [0.1, 0.15) is 5.82 Å². The van der Waals surface area contributed by atoms with Crippen LogP contribution in [0.15, 0.2) is 48.5 Å². The van der Waals surface area contributed by atoms with Gasteiger partial charge in [-0.1, -0.05) is 24.3 Å². The van der Waals surface area contributed by atoms with Gasteiger partial charge in [0.15, 0.2) is 18.2 Å². The highest BCUT2D eigenvalue weighted by Crippen LogP contribution is 2.29. The molecule has 2 heterocycles. The molecule has 1 atom stereocenters. The number of primary amides is 1. The van der Waals surface area contributed by atoms with Crippen molar-refractivity contribution in [3.8, 4) is 11.6 Å². The van der Waals surface area contributed by atoms with E-state index in [9.17, 15) is 18.4 Å². The summed E-state index contributed by atoms with van der Waals surface area (Å²) in [6, 6.07) is 12.5. The van der Waals surface area contributed by atoms with Crippen molar-refractivity contribution >= 4 is 17.8 Å². The molecule has 1 saturated heterocycles. The molecule has 38 heavy (non-hydrogen) atoms. The number of nitrogens with one attached hydrogen (secondary N) is 1. The topological polar surface area (TPSA) is 132 Å². The molecule has 1 aliphatic heterocycles. The van der Waals surface area contributed by atoms with E-state index in [-0.39, 0.29) is 5.88 Å². The normalized spacial score (nSPS) is 15.0. The summed E-state index contributed by atoms with van der Waals surface area (Å²) in [6.45, 7) is 4.63. The Morgan fingerprint density at radius 3 is 2.55 bits per heavy atom. The standard InChI is InChI=1S/C13H17F2NO.C13H14N4O4/c1-17-7-6-16-5-4-11(9-16)10-2-3-12(14)13(15)8-10;1-8-11(15-13(14)20)17(9-5-3-2-4-6-9)16-12(8)21-7-10(18)19/h2-3,8,11H,4-7,9H2,1H3;2-6H,7H2,1H3,(H,18,19)(H3,14,15,20). The number of hydrogen-bond acceptors (Lipinski definition) is 6. The number of anilines is 1. The van der Waals surface area contributed by atoms with Crippen LogP contribution in [0, 0.1) is 18.6 Å². The molecule has 0 aliphatic carbocycles. The first-order valence-electron chi connectivity index (χ1n) is 11.9. The van der Waals surface area contributed by atoms with Crippen molar-refractivity contribution in [3.63, 3.8) is 0 Å². The van der Waals surface area contributed by atoms with Crippen LogP contribution >= 0.6 is 0 Å². The fourth-order valence-electron chi connectivity index (χ4n) is 4.06. The smallest absolute Gasteiger partial charge is 0.341 e. The van der Waals surface area contributed by atoms with E-state index >= 15 is 0 Å². The van der Waals surface area contributed by atoms with Gasteiger partial charge >= 0.3 is 12.0 Å². The lowest BCUT2D eigenvalue weighted by molar-refractivity contribution is -0.139. The van der Waals surface area contributed by atoms with Gasteiger partial charge in [0.2, 0.25) is 5.88 Å². The number of benzene rings is 2. The highest BCUT2D eigenvalue weighted by atomic mass is 19.2. The molecule has 1 aromatic heterocycles. The molecule has 3 aromatic rings. The largest absolute Gasteiger partial charge is 0.479 e. The predicted molar refractivity (Wildman–Crippen MR) is 137 cm³/mol. The van der Waals surface area contributed by atoms with Crippen molar-refractivity contribution in [2.24, 2.45) is 5.73 Å². The van der Waals surface area contributed by atoms with Gasteiger partial charge in [0, 0.05) is 20.2 Å². The Kier molecular flexibility index (Phi) is 10.1. The maximum absolute atomic E-state index is 13.1. The third-order valence-electron chi connectivity index (χ3n) is 5.95. The lowest BCUT2D eigenvalue weighted by Gasteiger charge is -2.15. The first kappa shape index (κ1) is 28.5. The van der Waals surface area contributed by atoms with Crippen LogP contribution < -0.4 is 15.8 Å². The first-order valence-corrected chi connectivity index (χ1v) is 11.9. The third-order valence-corrected chi connectivity index (χ3v) is 5.95. The molecule has 0 bridgehead atoms. The molecule has 1 fully saturated rings. The van der Waals surface area contributed by atoms with E-state index < -0.39 is 30.2 Å². The Bertz CT molecular complexity index is 1240. The maximum Gasteiger partial charge on any atom is 0.341 e. The van der Waals surface area contributed by atoms with E-state index in [1.165, 1.54) is 16.8 Å². The summed E-state index contributed by atoms with van der Waals surface area (Å²) in [5, 5.41) is 15.3. The van der Waals surface area contributed by atoms with Gasteiger partial charge in [-0.2, -0.15) is 0 Å². The SMILES string of the molecule is COCCN1CCC(c2ccc(F)c(F)c2)C1.Cc1c(OCC(=O)O)nn(-c2ccccc2)c1NC(N)=O. The van der Waals surface area contributed by atoms with Gasteiger partial charge < -0.3 is 25.2 Å². The average Bonchev–Trinajstić information content (AvgIpc) is 3.49. The number of aliphatic carboxylic acids is 1. The molecule has 0 saturated carbocycles. The summed E-state index contributed by atoms with van der Waals surface area (Å²) in [5.74, 6) is -1.89. The Hall–Kier alpha value is -4.03. The molecular weight excluding hydrogens is 500 g/mol. The van der Waals surface area contributed by atoms with Crippen LogP contribution in [-0.2, 0) is 9.53 Å². The van der Waals surface area contributed by atoms with E-state index in [1.807, 2.05) is 6.07 Å². The summed E-state index contributed by atoms with van der Waals surface area (Å²) >= 11 is 0. The number of carbonyl (C=O) groups excluding carboxylic acids is 1. The van der Waals surface area contributed by atoms with Crippen molar-refractivity contribution in [1.82, 2.24) is 14.7 Å². The number of nitrogens with two attached hydrogens (primary N) is 1. The second-order valence-corrected chi connectivity index (χ2v) is 8.65. The molecule has 204 valence electrons. The highest BCUT2D eigenvalue weighted by molar-refractivity contribution is 5.88. The van der Waals surface area contributed by atoms with Crippen LogP contribution in [0.25, 0.3) is 5.69 Å². The lowest BCUT2D eigenvalue weighted by Crippen LogP contribution is -2.24. The number of carboxylic acid groups (broad SMARTS) is 1. The Morgan fingerprint density at radius 1 is 1.18 bits per heavy atom. The minimum absolute atomic E-state index is 0.116. The van der Waals surface area contributed by atoms with E-state index in [2.05, 4.69) is 15.3 Å². The van der Waals surface area contributed by atoms with E-state index in [1.54, 1.807) is 44.4 Å². The van der Waals surface area contributed by atoms with E-state index in [4.69, 9.17) is 20.3 Å². The fourth-order valence-corrected chi connectivity index (χ4v) is 4.06. The van der Waals surface area contributed by atoms with Crippen LogP contribution in [0.2, 0.25) is 0 Å². The zero-order valence-corrected chi connectivity index (χ0v) is 21.2. The van der Waals surface area contributed by atoms with Gasteiger partial charge in [-0.3, -0.25) is 5.32 Å². The minimum Gasteiger partial charge on any atom is -0.479 e. The third kappa shape index (κ3) is 7.73. The quantitative estimate of drug-likeness (QED) is 0.385. The number of halogens is 2. The van der Waals surface area contributed by atoms with Crippen LogP contribution in [0.4, 0.5) is 19.4 Å². The van der Waals surface area contributed by atoms with Crippen molar-refractivity contribution in [2.75, 3.05) is 45.3 Å². The monoisotopic (exact) mass is 531 g/mol. The Morgan fingerprint density at radius 2 is 1.92 bits per heavy atom. The maximum atomic E-state index is 13.1. The number of hydrogen-bond donors (Lipinski definition) is 3. The molecule has 10 nitrogen and oxygen atoms in total. The second-order valence-electron chi connectivity index (χ2n) is 8.65. The molecule has 2 aromatic carbocycles. The van der Waals surface area contributed by atoms with Crippen LogP contribution in [0.5, 0.6) is 5.88 Å². The summed E-state index contributed by atoms with van der Waals surface area (Å²) < 4.78 is 37.5. The molecule has 1 aliphatic rings. The van der Waals surface area contributed by atoms with Gasteiger partial charge in [-0.15, -0.1) is 5.10 Å². The molecule has 2 amide bonds. The number of para-hydroxylation sites is 1. The number of amides is 2. The number of aromatic nitrogens is 2. The lowest BCUT2D eigenvalue weighted by atomic mass is 9.98. The molecule has 0 spiro atoms. The van der Waals surface area contributed by atoms with Gasteiger partial charge in [-0.25, -0.2) is 23.1 Å². The number of urea groups is 1. The van der Waals surface area contributed by atoms with Crippen molar-refractivity contribution in [3.05, 3.63) is 71.3 Å². The second kappa shape index (κ2) is 13.5. The van der Waals surface area contributed by atoms with Crippen molar-refractivity contribution in [2.45, 2.75) is 19.3 Å². The number of likely N-dealkylation sites (tertiary alicyclic amines) is 1. The fraction of sp³-hybridized carbons (Fsp3) is 0.346. The number of ether oxygens (including phenoxy) is 2. The zero-order valence-electron chi connectivity index (χ0n) is 21.2. The van der Waals surface area contributed by atoms with Gasteiger partial charge in [0.25, 0.3) is 0 Å². The summed E-state index contributed by atoms with van der Waals surface area (Å²) in [5.41, 5.74) is 7.20. The Labute approximate surface area is 218 Å².